The van der Waals surface area contributed by atoms with Crippen molar-refractivity contribution in [1.82, 2.24) is 5.32 Å². The SMILES string of the molecule is CC(C)(CNC(=O)c1cccc(NC(=O)C2CCCO2)c1)C(=O)O. The smallest absolute Gasteiger partial charge is 0.310 e. The fourth-order valence-corrected chi connectivity index (χ4v) is 2.22. The van der Waals surface area contributed by atoms with Gasteiger partial charge < -0.3 is 20.5 Å². The Hall–Kier alpha value is -2.41. The van der Waals surface area contributed by atoms with Crippen LogP contribution in [0.2, 0.25) is 0 Å². The van der Waals surface area contributed by atoms with Crippen molar-refractivity contribution >= 4 is 23.5 Å². The number of rotatable bonds is 6. The standard InChI is InChI=1S/C17H22N2O5/c1-17(2,16(22)23)10-18-14(20)11-5-3-6-12(9-11)19-15(21)13-7-4-8-24-13/h3,5-6,9,13H,4,7-8,10H2,1-2H3,(H,18,20)(H,19,21)(H,22,23). The maximum Gasteiger partial charge on any atom is 0.310 e. The summed E-state index contributed by atoms with van der Waals surface area (Å²) in [5.41, 5.74) is -0.205. The highest BCUT2D eigenvalue weighted by molar-refractivity contribution is 5.98. The van der Waals surface area contributed by atoms with E-state index in [1.165, 1.54) is 13.8 Å². The lowest BCUT2D eigenvalue weighted by molar-refractivity contribution is -0.146. The minimum absolute atomic E-state index is 0.00761. The van der Waals surface area contributed by atoms with Crippen molar-refractivity contribution in [3.05, 3.63) is 29.8 Å². The molecule has 1 atom stereocenters. The molecular weight excluding hydrogens is 312 g/mol. The summed E-state index contributed by atoms with van der Waals surface area (Å²) < 4.78 is 5.32. The van der Waals surface area contributed by atoms with Crippen molar-refractivity contribution in [2.45, 2.75) is 32.8 Å². The molecule has 2 amide bonds. The number of carbonyl (C=O) groups excluding carboxylic acids is 2. The first-order chi connectivity index (χ1) is 11.3. The highest BCUT2D eigenvalue weighted by Gasteiger charge is 2.28. The summed E-state index contributed by atoms with van der Waals surface area (Å²) in [5, 5.41) is 14.4. The van der Waals surface area contributed by atoms with E-state index in [4.69, 9.17) is 9.84 Å². The normalized spacial score (nSPS) is 17.3. The summed E-state index contributed by atoms with van der Waals surface area (Å²) in [5.74, 6) is -1.60. The van der Waals surface area contributed by atoms with Crippen LogP contribution in [-0.2, 0) is 14.3 Å². The summed E-state index contributed by atoms with van der Waals surface area (Å²) in [4.78, 5) is 35.3. The molecule has 1 aromatic rings. The molecule has 0 spiro atoms. The molecule has 7 heteroatoms. The number of amides is 2. The highest BCUT2D eigenvalue weighted by Crippen LogP contribution is 2.17. The summed E-state index contributed by atoms with van der Waals surface area (Å²) in [6.45, 7) is 3.66. The van der Waals surface area contributed by atoms with Gasteiger partial charge in [-0.3, -0.25) is 14.4 Å². The van der Waals surface area contributed by atoms with Gasteiger partial charge in [-0.2, -0.15) is 0 Å². The summed E-state index contributed by atoms with van der Waals surface area (Å²) >= 11 is 0. The lowest BCUT2D eigenvalue weighted by atomic mass is 9.94. The number of hydrogen-bond acceptors (Lipinski definition) is 4. The van der Waals surface area contributed by atoms with Crippen molar-refractivity contribution < 1.29 is 24.2 Å². The van der Waals surface area contributed by atoms with Crippen molar-refractivity contribution in [2.75, 3.05) is 18.5 Å². The van der Waals surface area contributed by atoms with Gasteiger partial charge in [0.25, 0.3) is 11.8 Å². The van der Waals surface area contributed by atoms with Crippen LogP contribution < -0.4 is 10.6 Å². The topological polar surface area (TPSA) is 105 Å². The summed E-state index contributed by atoms with van der Waals surface area (Å²) in [6.07, 6.45) is 1.11. The number of carboxylic acid groups (broad SMARTS) is 1. The molecule has 3 N–H and O–H groups in total. The van der Waals surface area contributed by atoms with Crippen LogP contribution in [0.15, 0.2) is 24.3 Å². The van der Waals surface area contributed by atoms with E-state index in [2.05, 4.69) is 10.6 Å². The third kappa shape index (κ3) is 4.55. The van der Waals surface area contributed by atoms with Crippen LogP contribution in [0.4, 0.5) is 5.69 Å². The Kier molecular flexibility index (Phi) is 5.56. The molecule has 1 aromatic carbocycles. The van der Waals surface area contributed by atoms with Crippen molar-refractivity contribution in [1.29, 1.82) is 0 Å². The molecule has 1 fully saturated rings. The minimum atomic E-state index is -1.05. The lowest BCUT2D eigenvalue weighted by Crippen LogP contribution is -2.38. The van der Waals surface area contributed by atoms with Gasteiger partial charge >= 0.3 is 5.97 Å². The van der Waals surface area contributed by atoms with E-state index in [1.807, 2.05) is 0 Å². The second-order valence-electron chi connectivity index (χ2n) is 6.44. The molecule has 1 saturated heterocycles. The van der Waals surface area contributed by atoms with E-state index in [9.17, 15) is 14.4 Å². The van der Waals surface area contributed by atoms with Crippen LogP contribution in [0.3, 0.4) is 0 Å². The van der Waals surface area contributed by atoms with E-state index < -0.39 is 23.4 Å². The van der Waals surface area contributed by atoms with Crippen LogP contribution in [0.1, 0.15) is 37.0 Å². The largest absolute Gasteiger partial charge is 0.481 e. The highest BCUT2D eigenvalue weighted by atomic mass is 16.5. The van der Waals surface area contributed by atoms with E-state index >= 15 is 0 Å². The van der Waals surface area contributed by atoms with Gasteiger partial charge in [-0.15, -0.1) is 0 Å². The van der Waals surface area contributed by atoms with Gasteiger partial charge in [0.2, 0.25) is 0 Å². The van der Waals surface area contributed by atoms with Gasteiger partial charge in [0.05, 0.1) is 5.41 Å². The average Bonchev–Trinajstić information content (AvgIpc) is 3.07. The Balaban J connectivity index is 1.97. The van der Waals surface area contributed by atoms with Gasteiger partial charge in [-0.1, -0.05) is 6.07 Å². The second-order valence-corrected chi connectivity index (χ2v) is 6.44. The Morgan fingerprint density at radius 2 is 2.08 bits per heavy atom. The number of ether oxygens (including phenoxy) is 1. The molecule has 2 rings (SSSR count). The van der Waals surface area contributed by atoms with Crippen LogP contribution >= 0.6 is 0 Å². The molecule has 0 aromatic heterocycles. The van der Waals surface area contributed by atoms with Crippen LogP contribution in [0, 0.1) is 5.41 Å². The molecule has 1 aliphatic heterocycles. The third-order valence-corrected chi connectivity index (χ3v) is 3.88. The van der Waals surface area contributed by atoms with Crippen LogP contribution in [0.5, 0.6) is 0 Å². The fraction of sp³-hybridized carbons (Fsp3) is 0.471. The zero-order valence-electron chi connectivity index (χ0n) is 13.8. The quantitative estimate of drug-likeness (QED) is 0.733. The lowest BCUT2D eigenvalue weighted by Gasteiger charge is -2.19. The van der Waals surface area contributed by atoms with E-state index in [0.717, 1.165) is 6.42 Å². The average molecular weight is 334 g/mol. The number of anilines is 1. The van der Waals surface area contributed by atoms with Crippen LogP contribution in [0.25, 0.3) is 0 Å². The van der Waals surface area contributed by atoms with Gasteiger partial charge in [-0.25, -0.2) is 0 Å². The molecule has 0 bridgehead atoms. The number of hydrogen-bond donors (Lipinski definition) is 3. The Bertz CT molecular complexity index is 636. The number of carboxylic acids is 1. The van der Waals surface area contributed by atoms with Gasteiger partial charge in [-0.05, 0) is 44.9 Å². The molecule has 1 heterocycles. The molecular formula is C17H22N2O5. The fourth-order valence-electron chi connectivity index (χ4n) is 2.22. The Labute approximate surface area is 140 Å². The minimum Gasteiger partial charge on any atom is -0.481 e. The zero-order chi connectivity index (χ0) is 17.7. The number of carbonyl (C=O) groups is 3. The van der Waals surface area contributed by atoms with Crippen LogP contribution in [-0.4, -0.2) is 42.1 Å². The Morgan fingerprint density at radius 1 is 1.33 bits per heavy atom. The Morgan fingerprint density at radius 3 is 2.71 bits per heavy atom. The van der Waals surface area contributed by atoms with Gasteiger partial charge in [0.1, 0.15) is 6.10 Å². The van der Waals surface area contributed by atoms with Gasteiger partial charge in [0.15, 0.2) is 0 Å². The first-order valence-corrected chi connectivity index (χ1v) is 7.84. The molecule has 0 saturated carbocycles. The predicted octanol–water partition coefficient (Wildman–Crippen LogP) is 1.64. The van der Waals surface area contributed by atoms with E-state index in [0.29, 0.717) is 24.3 Å². The van der Waals surface area contributed by atoms with Crippen molar-refractivity contribution in [3.8, 4) is 0 Å². The molecule has 1 aliphatic rings. The molecule has 0 radical (unpaired) electrons. The number of nitrogens with one attached hydrogen (secondary N) is 2. The van der Waals surface area contributed by atoms with Crippen molar-refractivity contribution in [2.24, 2.45) is 5.41 Å². The second kappa shape index (κ2) is 7.44. The van der Waals surface area contributed by atoms with Crippen molar-refractivity contribution in [3.63, 3.8) is 0 Å². The molecule has 1 unspecified atom stereocenters. The zero-order valence-corrected chi connectivity index (χ0v) is 13.8. The molecule has 130 valence electrons. The molecule has 24 heavy (non-hydrogen) atoms. The predicted molar refractivity (Wildman–Crippen MR) is 87.8 cm³/mol. The van der Waals surface area contributed by atoms with E-state index in [-0.39, 0.29) is 12.5 Å². The summed E-state index contributed by atoms with van der Waals surface area (Å²) in [7, 11) is 0. The number of benzene rings is 1. The van der Waals surface area contributed by atoms with Gasteiger partial charge in [0, 0.05) is 24.4 Å². The molecule has 7 nitrogen and oxygen atoms in total. The number of aliphatic carboxylic acids is 1. The maximum absolute atomic E-state index is 12.2. The first kappa shape index (κ1) is 17.9. The first-order valence-electron chi connectivity index (χ1n) is 7.84. The molecule has 0 aliphatic carbocycles. The monoisotopic (exact) mass is 334 g/mol. The summed E-state index contributed by atoms with van der Waals surface area (Å²) in [6, 6.07) is 6.49. The third-order valence-electron chi connectivity index (χ3n) is 3.88. The maximum atomic E-state index is 12.2. The van der Waals surface area contributed by atoms with E-state index in [1.54, 1.807) is 24.3 Å².